The lowest BCUT2D eigenvalue weighted by molar-refractivity contribution is -0.159. The molecule has 0 spiro atoms. The summed E-state index contributed by atoms with van der Waals surface area (Å²) in [5, 5.41) is 32.7. The number of esters is 2. The van der Waals surface area contributed by atoms with Crippen molar-refractivity contribution < 1.29 is 63.5 Å². The average Bonchev–Trinajstić information content (AvgIpc) is 3.17. The number of nitrogens with one attached hydrogen (secondary N) is 1. The van der Waals surface area contributed by atoms with E-state index in [0.717, 1.165) is 37.5 Å². The first kappa shape index (κ1) is 34.9. The molecule has 218 valence electrons. The highest BCUT2D eigenvalue weighted by Gasteiger charge is 2.28. The Bertz CT molecular complexity index is 1010. The molecule has 0 radical (unpaired) electrons. The van der Waals surface area contributed by atoms with Crippen LogP contribution in [0.25, 0.3) is 0 Å². The molecule has 2 rings (SSSR count). The molecule has 1 aromatic heterocycles. The highest BCUT2D eigenvalue weighted by molar-refractivity contribution is 7.18. The highest BCUT2D eigenvalue weighted by Crippen LogP contribution is 2.34. The monoisotopic (exact) mass is 577 g/mol. The zero-order chi connectivity index (χ0) is 30.3. The molecular formula is C22H31N3O13S. The van der Waals surface area contributed by atoms with E-state index in [1.807, 2.05) is 7.05 Å². The van der Waals surface area contributed by atoms with Gasteiger partial charge in [-0.1, -0.05) is 0 Å². The minimum absolute atomic E-state index is 0.206. The molecule has 0 bridgehead atoms. The fourth-order valence-electron chi connectivity index (χ4n) is 2.82. The first-order chi connectivity index (χ1) is 18.2. The Balaban J connectivity index is 0.00000100. The molecule has 16 nitrogen and oxygen atoms in total. The molecule has 1 fully saturated rings. The first-order valence-electron chi connectivity index (χ1n) is 11.3. The standard InChI is InChI=1S/C18H27N3O5S.2C2H2O4/c1-5-25-17(23)14-12(3)15(18(24)26-6-2)27-16(14)19-13(22)11-21-9-7-20(4)8-10-21;2*3-1(4)2(5)6/h5-11H2,1-4H3,(H,19,22);2*(H,3,4)(H,5,6). The van der Waals surface area contributed by atoms with Crippen molar-refractivity contribution >= 4 is 58.1 Å². The molecule has 2 heterocycles. The van der Waals surface area contributed by atoms with Crippen molar-refractivity contribution in [3.05, 3.63) is 16.0 Å². The molecule has 0 saturated carbocycles. The Morgan fingerprint density at radius 3 is 1.64 bits per heavy atom. The SMILES string of the molecule is CCOC(=O)c1sc(NC(=O)CN2CCN(C)CC2)c(C(=O)OCC)c1C.O=C(O)C(=O)O.O=C(O)C(=O)O. The van der Waals surface area contributed by atoms with Crippen molar-refractivity contribution in [2.75, 3.05) is 58.3 Å². The van der Waals surface area contributed by atoms with Gasteiger partial charge in [-0.15, -0.1) is 11.3 Å². The Hall–Kier alpha value is -4.09. The summed E-state index contributed by atoms with van der Waals surface area (Å²) in [7, 11) is 2.05. The summed E-state index contributed by atoms with van der Waals surface area (Å²) < 4.78 is 10.1. The largest absolute Gasteiger partial charge is 0.473 e. The van der Waals surface area contributed by atoms with Gasteiger partial charge in [-0.3, -0.25) is 9.69 Å². The second-order valence-corrected chi connectivity index (χ2v) is 8.57. The van der Waals surface area contributed by atoms with Crippen LogP contribution in [0.3, 0.4) is 0 Å². The number of piperazine rings is 1. The number of thiophene rings is 1. The second-order valence-electron chi connectivity index (χ2n) is 7.55. The number of carbonyl (C=O) groups excluding carboxylic acids is 3. The topological polar surface area (TPSA) is 237 Å². The van der Waals surface area contributed by atoms with E-state index in [1.54, 1.807) is 20.8 Å². The fourth-order valence-corrected chi connectivity index (χ4v) is 3.92. The van der Waals surface area contributed by atoms with Crippen molar-refractivity contribution in [2.24, 2.45) is 0 Å². The summed E-state index contributed by atoms with van der Waals surface area (Å²) in [6.07, 6.45) is 0. The molecule has 17 heteroatoms. The number of carboxylic acid groups (broad SMARTS) is 4. The van der Waals surface area contributed by atoms with Crippen LogP contribution < -0.4 is 5.32 Å². The number of nitrogens with zero attached hydrogens (tertiary/aromatic N) is 2. The second kappa shape index (κ2) is 17.4. The summed E-state index contributed by atoms with van der Waals surface area (Å²) in [6.45, 7) is 9.20. The molecule has 0 aliphatic carbocycles. The number of aliphatic carboxylic acids is 4. The number of ether oxygens (including phenoxy) is 2. The minimum atomic E-state index is -1.82. The highest BCUT2D eigenvalue weighted by atomic mass is 32.1. The van der Waals surface area contributed by atoms with Gasteiger partial charge in [0.15, 0.2) is 0 Å². The Morgan fingerprint density at radius 1 is 0.795 bits per heavy atom. The van der Waals surface area contributed by atoms with Gasteiger partial charge in [0.25, 0.3) is 0 Å². The molecule has 39 heavy (non-hydrogen) atoms. The molecule has 1 amide bonds. The van der Waals surface area contributed by atoms with Crippen LogP contribution in [0.15, 0.2) is 0 Å². The minimum Gasteiger partial charge on any atom is -0.473 e. The molecule has 1 aliphatic rings. The van der Waals surface area contributed by atoms with Gasteiger partial charge in [0.05, 0.1) is 25.3 Å². The third kappa shape index (κ3) is 12.8. The van der Waals surface area contributed by atoms with E-state index in [-0.39, 0.29) is 31.2 Å². The van der Waals surface area contributed by atoms with Gasteiger partial charge < -0.3 is 40.1 Å². The van der Waals surface area contributed by atoms with Crippen molar-refractivity contribution in [3.8, 4) is 0 Å². The van der Waals surface area contributed by atoms with Crippen LogP contribution in [-0.2, 0) is 33.4 Å². The third-order valence-corrected chi connectivity index (χ3v) is 5.86. The molecule has 5 N–H and O–H groups in total. The summed E-state index contributed by atoms with van der Waals surface area (Å²) in [4.78, 5) is 78.0. The van der Waals surface area contributed by atoms with E-state index in [9.17, 15) is 14.4 Å². The van der Waals surface area contributed by atoms with Crippen LogP contribution in [0.2, 0.25) is 0 Å². The van der Waals surface area contributed by atoms with E-state index in [4.69, 9.17) is 49.1 Å². The van der Waals surface area contributed by atoms with Crippen molar-refractivity contribution in [2.45, 2.75) is 20.8 Å². The number of carboxylic acids is 4. The fraction of sp³-hybridized carbons (Fsp3) is 0.500. The molecule has 0 atom stereocenters. The van der Waals surface area contributed by atoms with Gasteiger partial charge in [-0.2, -0.15) is 0 Å². The zero-order valence-corrected chi connectivity index (χ0v) is 22.5. The number of rotatable bonds is 7. The van der Waals surface area contributed by atoms with Gasteiger partial charge in [0.2, 0.25) is 5.91 Å². The molecule has 1 aromatic rings. The van der Waals surface area contributed by atoms with Crippen LogP contribution in [0, 0.1) is 6.92 Å². The lowest BCUT2D eigenvalue weighted by Gasteiger charge is -2.31. The van der Waals surface area contributed by atoms with E-state index in [0.29, 0.717) is 15.4 Å². The number of likely N-dealkylation sites (N-methyl/N-ethyl adjacent to an activating group) is 1. The third-order valence-electron chi connectivity index (χ3n) is 4.67. The summed E-state index contributed by atoms with van der Waals surface area (Å²) in [6, 6.07) is 0. The maximum absolute atomic E-state index is 12.5. The maximum Gasteiger partial charge on any atom is 0.414 e. The predicted molar refractivity (Wildman–Crippen MR) is 134 cm³/mol. The first-order valence-corrected chi connectivity index (χ1v) is 12.1. The summed E-state index contributed by atoms with van der Waals surface area (Å²) in [5.41, 5.74) is 0.684. The quantitative estimate of drug-likeness (QED) is 0.210. The van der Waals surface area contributed by atoms with Crippen LogP contribution in [0.5, 0.6) is 0 Å². The van der Waals surface area contributed by atoms with Crippen LogP contribution in [0.1, 0.15) is 39.4 Å². The van der Waals surface area contributed by atoms with Crippen LogP contribution in [-0.4, -0.2) is 125 Å². The van der Waals surface area contributed by atoms with Gasteiger partial charge in [0.1, 0.15) is 9.88 Å². The number of anilines is 1. The maximum atomic E-state index is 12.5. The normalized spacial score (nSPS) is 12.9. The zero-order valence-electron chi connectivity index (χ0n) is 21.7. The number of hydrogen-bond acceptors (Lipinski definition) is 12. The van der Waals surface area contributed by atoms with Gasteiger partial charge in [-0.05, 0) is 33.4 Å². The lowest BCUT2D eigenvalue weighted by Crippen LogP contribution is -2.47. The number of carbonyl (C=O) groups is 7. The summed E-state index contributed by atoms with van der Waals surface area (Å²) >= 11 is 1.05. The van der Waals surface area contributed by atoms with E-state index >= 15 is 0 Å². The van der Waals surface area contributed by atoms with Gasteiger partial charge >= 0.3 is 35.8 Å². The average molecular weight is 578 g/mol. The van der Waals surface area contributed by atoms with Crippen molar-refractivity contribution in [3.63, 3.8) is 0 Å². The van der Waals surface area contributed by atoms with E-state index < -0.39 is 35.8 Å². The smallest absolute Gasteiger partial charge is 0.414 e. The van der Waals surface area contributed by atoms with Crippen molar-refractivity contribution in [1.82, 2.24) is 9.80 Å². The van der Waals surface area contributed by atoms with Crippen LogP contribution in [0.4, 0.5) is 5.00 Å². The number of hydrogen-bond donors (Lipinski definition) is 5. The Kier molecular flexibility index (Phi) is 15.6. The Morgan fingerprint density at radius 2 is 1.23 bits per heavy atom. The summed E-state index contributed by atoms with van der Waals surface area (Å²) in [5.74, 6) is -8.58. The van der Waals surface area contributed by atoms with Crippen LogP contribution >= 0.6 is 11.3 Å². The Labute approximate surface area is 226 Å². The van der Waals surface area contributed by atoms with E-state index in [2.05, 4.69) is 15.1 Å². The molecule has 0 unspecified atom stereocenters. The molecular weight excluding hydrogens is 546 g/mol. The lowest BCUT2D eigenvalue weighted by atomic mass is 10.1. The molecule has 1 saturated heterocycles. The predicted octanol–water partition coefficient (Wildman–Crippen LogP) is -0.0930. The van der Waals surface area contributed by atoms with Crippen molar-refractivity contribution in [1.29, 1.82) is 0 Å². The van der Waals surface area contributed by atoms with E-state index in [1.165, 1.54) is 0 Å². The van der Waals surface area contributed by atoms with Gasteiger partial charge in [-0.25, -0.2) is 28.8 Å². The molecule has 1 aliphatic heterocycles. The van der Waals surface area contributed by atoms with Gasteiger partial charge in [0, 0.05) is 26.2 Å². The molecule has 0 aromatic carbocycles. The number of amides is 1.